The molecule has 1 aromatic rings. The van der Waals surface area contributed by atoms with Gasteiger partial charge in [-0.05, 0) is 33.0 Å². The lowest BCUT2D eigenvalue weighted by atomic mass is 10.1. The first-order valence-electron chi connectivity index (χ1n) is 6.67. The van der Waals surface area contributed by atoms with E-state index in [1.54, 1.807) is 13.0 Å². The lowest BCUT2D eigenvalue weighted by Crippen LogP contribution is -2.29. The second kappa shape index (κ2) is 7.09. The maximum atomic E-state index is 11.3. The topological polar surface area (TPSA) is 65.5 Å². The Morgan fingerprint density at radius 1 is 1.37 bits per heavy atom. The Labute approximate surface area is 114 Å². The molecule has 1 rings (SSSR count). The zero-order chi connectivity index (χ0) is 14.4. The van der Waals surface area contributed by atoms with E-state index in [0.29, 0.717) is 11.4 Å². The second-order valence-corrected chi connectivity index (χ2v) is 4.53. The number of aromatic nitrogens is 1. The highest BCUT2D eigenvalue weighted by Gasteiger charge is 2.15. The van der Waals surface area contributed by atoms with Crippen LogP contribution in [0.1, 0.15) is 35.6 Å². The third-order valence-electron chi connectivity index (χ3n) is 3.18. The number of pyridine rings is 1. The number of hydrogen-bond donors (Lipinski definition) is 2. The molecule has 0 amide bonds. The summed E-state index contributed by atoms with van der Waals surface area (Å²) < 4.78 is 0. The number of likely N-dealkylation sites (N-methyl/N-ethyl adjacent to an activating group) is 1. The van der Waals surface area contributed by atoms with Gasteiger partial charge in [0.05, 0.1) is 11.4 Å². The molecule has 5 heteroatoms. The number of nitrogens with one attached hydrogen (secondary N) is 1. The van der Waals surface area contributed by atoms with Crippen LogP contribution in [0.4, 0.5) is 5.69 Å². The van der Waals surface area contributed by atoms with E-state index in [9.17, 15) is 9.90 Å². The molecule has 0 aliphatic carbocycles. The van der Waals surface area contributed by atoms with E-state index in [-0.39, 0.29) is 5.56 Å². The molecule has 0 aliphatic rings. The number of carbonyl (C=O) groups is 1. The molecule has 0 aliphatic heterocycles. The Bertz CT molecular complexity index is 443. The number of nitrogens with zero attached hydrogens (tertiary/aromatic N) is 2. The third-order valence-corrected chi connectivity index (χ3v) is 3.18. The van der Waals surface area contributed by atoms with Crippen LogP contribution in [0.3, 0.4) is 0 Å². The zero-order valence-electron chi connectivity index (χ0n) is 12.2. The fourth-order valence-electron chi connectivity index (χ4n) is 2.13. The van der Waals surface area contributed by atoms with Gasteiger partial charge < -0.3 is 15.3 Å². The lowest BCUT2D eigenvalue weighted by molar-refractivity contribution is 0.0696. The molecule has 0 saturated heterocycles. The van der Waals surface area contributed by atoms with Gasteiger partial charge in [-0.1, -0.05) is 13.8 Å². The van der Waals surface area contributed by atoms with Crippen LogP contribution in [0, 0.1) is 13.8 Å². The van der Waals surface area contributed by atoms with E-state index in [1.165, 1.54) is 0 Å². The molecule has 0 bridgehead atoms. The summed E-state index contributed by atoms with van der Waals surface area (Å²) in [5, 5.41) is 12.5. The summed E-state index contributed by atoms with van der Waals surface area (Å²) in [6.45, 7) is 11.5. The van der Waals surface area contributed by atoms with E-state index >= 15 is 0 Å². The van der Waals surface area contributed by atoms with Gasteiger partial charge in [-0.2, -0.15) is 0 Å². The van der Waals surface area contributed by atoms with Crippen LogP contribution < -0.4 is 5.32 Å². The van der Waals surface area contributed by atoms with Crippen molar-refractivity contribution in [1.29, 1.82) is 0 Å². The largest absolute Gasteiger partial charge is 0.478 e. The molecule has 0 fully saturated rings. The van der Waals surface area contributed by atoms with Gasteiger partial charge in [-0.3, -0.25) is 4.98 Å². The summed E-state index contributed by atoms with van der Waals surface area (Å²) in [6, 6.07) is 1.79. The van der Waals surface area contributed by atoms with Gasteiger partial charge >= 0.3 is 5.97 Å². The van der Waals surface area contributed by atoms with Crippen molar-refractivity contribution in [2.24, 2.45) is 0 Å². The number of hydrogen-bond acceptors (Lipinski definition) is 4. The normalized spacial score (nSPS) is 10.8. The molecule has 0 spiro atoms. The second-order valence-electron chi connectivity index (χ2n) is 4.53. The molecule has 2 N–H and O–H groups in total. The van der Waals surface area contributed by atoms with E-state index in [0.717, 1.165) is 31.9 Å². The molecule has 0 saturated carbocycles. The van der Waals surface area contributed by atoms with Crippen molar-refractivity contribution >= 4 is 11.7 Å². The van der Waals surface area contributed by atoms with E-state index in [1.807, 2.05) is 6.92 Å². The van der Waals surface area contributed by atoms with Gasteiger partial charge in [0.2, 0.25) is 0 Å². The molecular weight excluding hydrogens is 242 g/mol. The average Bonchev–Trinajstić information content (AvgIpc) is 2.33. The maximum absolute atomic E-state index is 11.3. The van der Waals surface area contributed by atoms with Crippen molar-refractivity contribution in [2.75, 3.05) is 31.5 Å². The zero-order valence-corrected chi connectivity index (χ0v) is 12.2. The minimum atomic E-state index is -0.935. The van der Waals surface area contributed by atoms with Crippen LogP contribution in [0.2, 0.25) is 0 Å². The smallest absolute Gasteiger partial charge is 0.339 e. The van der Waals surface area contributed by atoms with Gasteiger partial charge in [0, 0.05) is 18.8 Å². The standard InChI is InChI=1S/C14H23N3O2/c1-5-17(6-2)8-7-15-12-9-10(3)16-11(4)13(12)14(18)19/h9H,5-8H2,1-4H3,(H,15,16)(H,18,19). The molecule has 0 radical (unpaired) electrons. The highest BCUT2D eigenvalue weighted by Crippen LogP contribution is 2.19. The number of anilines is 1. The van der Waals surface area contributed by atoms with Crippen molar-refractivity contribution in [3.05, 3.63) is 23.0 Å². The highest BCUT2D eigenvalue weighted by molar-refractivity contribution is 5.95. The third kappa shape index (κ3) is 4.21. The van der Waals surface area contributed by atoms with Crippen molar-refractivity contribution < 1.29 is 9.90 Å². The maximum Gasteiger partial charge on any atom is 0.339 e. The molecule has 106 valence electrons. The fourth-order valence-corrected chi connectivity index (χ4v) is 2.13. The first-order valence-corrected chi connectivity index (χ1v) is 6.67. The first kappa shape index (κ1) is 15.4. The average molecular weight is 265 g/mol. The first-order chi connectivity index (χ1) is 8.99. The quantitative estimate of drug-likeness (QED) is 0.791. The minimum absolute atomic E-state index is 0.269. The van der Waals surface area contributed by atoms with E-state index < -0.39 is 5.97 Å². The molecule has 19 heavy (non-hydrogen) atoms. The Morgan fingerprint density at radius 3 is 2.53 bits per heavy atom. The lowest BCUT2D eigenvalue weighted by Gasteiger charge is -2.19. The predicted molar refractivity (Wildman–Crippen MR) is 76.9 cm³/mol. The number of rotatable bonds is 7. The Balaban J connectivity index is 2.80. The van der Waals surface area contributed by atoms with Crippen LogP contribution in [0.25, 0.3) is 0 Å². The van der Waals surface area contributed by atoms with E-state index in [2.05, 4.69) is 29.0 Å². The van der Waals surface area contributed by atoms with Gasteiger partial charge in [-0.25, -0.2) is 4.79 Å². The number of carboxylic acids is 1. The van der Waals surface area contributed by atoms with Crippen LogP contribution >= 0.6 is 0 Å². The van der Waals surface area contributed by atoms with Gasteiger partial charge in [0.1, 0.15) is 5.56 Å². The summed E-state index contributed by atoms with van der Waals surface area (Å²) in [5.41, 5.74) is 2.31. The van der Waals surface area contributed by atoms with Gasteiger partial charge in [-0.15, -0.1) is 0 Å². The Hall–Kier alpha value is -1.62. The Kier molecular flexibility index (Phi) is 5.76. The molecule has 0 unspecified atom stereocenters. The van der Waals surface area contributed by atoms with Gasteiger partial charge in [0.15, 0.2) is 0 Å². The summed E-state index contributed by atoms with van der Waals surface area (Å²) in [5.74, 6) is -0.935. The molecule has 1 heterocycles. The summed E-state index contributed by atoms with van der Waals surface area (Å²) >= 11 is 0. The van der Waals surface area contributed by atoms with Crippen molar-refractivity contribution in [3.63, 3.8) is 0 Å². The Morgan fingerprint density at radius 2 is 2.00 bits per heavy atom. The van der Waals surface area contributed by atoms with Crippen molar-refractivity contribution in [2.45, 2.75) is 27.7 Å². The molecule has 0 atom stereocenters. The molecule has 0 aromatic carbocycles. The van der Waals surface area contributed by atoms with Crippen LogP contribution in [-0.2, 0) is 0 Å². The van der Waals surface area contributed by atoms with Crippen molar-refractivity contribution in [3.8, 4) is 0 Å². The van der Waals surface area contributed by atoms with Crippen LogP contribution in [0.15, 0.2) is 6.07 Å². The van der Waals surface area contributed by atoms with Crippen LogP contribution in [-0.4, -0.2) is 47.1 Å². The van der Waals surface area contributed by atoms with E-state index in [4.69, 9.17) is 0 Å². The minimum Gasteiger partial charge on any atom is -0.478 e. The summed E-state index contributed by atoms with van der Waals surface area (Å²) in [4.78, 5) is 17.8. The summed E-state index contributed by atoms with van der Waals surface area (Å²) in [6.07, 6.45) is 0. The fraction of sp³-hybridized carbons (Fsp3) is 0.571. The molecular formula is C14H23N3O2. The predicted octanol–water partition coefficient (Wildman–Crippen LogP) is 2.15. The number of carboxylic acid groups (broad SMARTS) is 1. The monoisotopic (exact) mass is 265 g/mol. The molecule has 5 nitrogen and oxygen atoms in total. The number of aromatic carboxylic acids is 1. The van der Waals surface area contributed by atoms with Gasteiger partial charge in [0.25, 0.3) is 0 Å². The summed E-state index contributed by atoms with van der Waals surface area (Å²) in [7, 11) is 0. The number of aryl methyl sites for hydroxylation is 2. The highest BCUT2D eigenvalue weighted by atomic mass is 16.4. The molecule has 1 aromatic heterocycles. The van der Waals surface area contributed by atoms with Crippen LogP contribution in [0.5, 0.6) is 0 Å². The van der Waals surface area contributed by atoms with Crippen molar-refractivity contribution in [1.82, 2.24) is 9.88 Å². The SMILES string of the molecule is CCN(CC)CCNc1cc(C)nc(C)c1C(=O)O.